The Bertz CT molecular complexity index is 932. The molecule has 1 aliphatic heterocycles. The number of aromatic nitrogens is 2. The monoisotopic (exact) mass is 360 g/mol. The molecule has 0 aliphatic carbocycles. The number of hydrogen-bond acceptors (Lipinski definition) is 7. The van der Waals surface area contributed by atoms with Gasteiger partial charge in [0.15, 0.2) is 0 Å². The van der Waals surface area contributed by atoms with Crippen LogP contribution in [0.3, 0.4) is 0 Å². The molecule has 1 aromatic heterocycles. The molecule has 2 aromatic rings. The summed E-state index contributed by atoms with van der Waals surface area (Å²) in [4.78, 5) is 37.3. The predicted octanol–water partition coefficient (Wildman–Crippen LogP) is -0.0654. The van der Waals surface area contributed by atoms with Crippen LogP contribution in [-0.4, -0.2) is 70.0 Å². The number of esters is 1. The molecule has 0 unspecified atom stereocenters. The Morgan fingerprint density at radius 1 is 1.42 bits per heavy atom. The molecule has 10 nitrogen and oxygen atoms in total. The lowest BCUT2D eigenvalue weighted by Gasteiger charge is -2.15. The molecule has 0 saturated heterocycles. The number of aromatic carboxylic acids is 1. The van der Waals surface area contributed by atoms with Crippen LogP contribution in [0.25, 0.3) is 10.9 Å². The first kappa shape index (κ1) is 17.4. The maximum Gasteiger partial charge on any atom is 0.337 e. The Morgan fingerprint density at radius 2 is 2.19 bits per heavy atom. The van der Waals surface area contributed by atoms with Crippen LogP contribution in [0.2, 0.25) is 0 Å². The van der Waals surface area contributed by atoms with Gasteiger partial charge in [0.05, 0.1) is 43.1 Å². The number of carbonyl (C=O) groups excluding carboxylic acids is 2. The molecule has 26 heavy (non-hydrogen) atoms. The number of aromatic amines is 1. The molecular formula is C16H16N4O6. The Morgan fingerprint density at radius 3 is 2.85 bits per heavy atom. The number of carboxylic acids is 1. The van der Waals surface area contributed by atoms with Crippen LogP contribution in [-0.2, 0) is 14.3 Å². The topological polar surface area (TPSA) is 145 Å². The van der Waals surface area contributed by atoms with Crippen LogP contribution in [0.5, 0.6) is 0 Å². The van der Waals surface area contributed by atoms with E-state index < -0.39 is 17.8 Å². The maximum atomic E-state index is 12.5. The summed E-state index contributed by atoms with van der Waals surface area (Å²) in [6.07, 6.45) is 1.46. The van der Waals surface area contributed by atoms with Crippen LogP contribution in [0.15, 0.2) is 29.6 Å². The number of carbonyl (C=O) groups is 3. The van der Waals surface area contributed by atoms with Gasteiger partial charge in [-0.25, -0.2) is 9.59 Å². The van der Waals surface area contributed by atoms with Crippen molar-refractivity contribution in [1.82, 2.24) is 15.1 Å². The highest BCUT2D eigenvalue weighted by atomic mass is 16.5. The Hall–Kier alpha value is -3.40. The third-order valence-electron chi connectivity index (χ3n) is 4.00. The lowest BCUT2D eigenvalue weighted by atomic mass is 10.1. The van der Waals surface area contributed by atoms with E-state index in [1.807, 2.05) is 0 Å². The molecule has 4 N–H and O–H groups in total. The Labute approximate surface area is 147 Å². The van der Waals surface area contributed by atoms with Gasteiger partial charge in [-0.15, -0.1) is 0 Å². The first-order valence-corrected chi connectivity index (χ1v) is 7.65. The number of fused-ring (bicyclic) bond motifs is 1. The third kappa shape index (κ3) is 2.97. The number of benzene rings is 1. The minimum absolute atomic E-state index is 0.00581. The highest BCUT2D eigenvalue weighted by Gasteiger charge is 2.34. The normalized spacial score (nSPS) is 14.2. The number of ether oxygens (including phenoxy) is 1. The zero-order valence-electron chi connectivity index (χ0n) is 13.8. The fraction of sp³-hybridized carbons (Fsp3) is 0.250. The molecule has 0 spiro atoms. The number of β-amino-alcohol motifs (C(OH)–C–C–N with tert-alkyl or cyclic N) is 1. The fourth-order valence-corrected chi connectivity index (χ4v) is 2.79. The standard InChI is InChI=1S/C16H16N4O6/c1-26-16(25)11-7-20(2-3-21)14(22)13(11)18-9-4-8-6-17-19-12(8)10(5-9)15(23)24/h4-6,18,21H,2-3,7H2,1H3,(H,17,19)(H,23,24). The average Bonchev–Trinajstić information content (AvgIpc) is 3.20. The van der Waals surface area contributed by atoms with E-state index >= 15 is 0 Å². The molecule has 136 valence electrons. The number of anilines is 1. The van der Waals surface area contributed by atoms with Crippen molar-refractivity contribution in [2.24, 2.45) is 0 Å². The molecule has 0 radical (unpaired) electrons. The van der Waals surface area contributed by atoms with Gasteiger partial charge in [0.1, 0.15) is 5.70 Å². The second-order valence-corrected chi connectivity index (χ2v) is 5.58. The molecule has 0 atom stereocenters. The number of rotatable bonds is 6. The molecule has 10 heteroatoms. The second kappa shape index (κ2) is 6.84. The predicted molar refractivity (Wildman–Crippen MR) is 89.4 cm³/mol. The van der Waals surface area contributed by atoms with E-state index in [-0.39, 0.29) is 36.5 Å². The van der Waals surface area contributed by atoms with E-state index in [1.165, 1.54) is 24.3 Å². The summed E-state index contributed by atoms with van der Waals surface area (Å²) in [5, 5.41) is 28.2. The first-order valence-electron chi connectivity index (χ1n) is 7.65. The average molecular weight is 360 g/mol. The van der Waals surface area contributed by atoms with Gasteiger partial charge >= 0.3 is 11.9 Å². The van der Waals surface area contributed by atoms with Crippen molar-refractivity contribution in [3.05, 3.63) is 35.2 Å². The number of aliphatic hydroxyl groups excluding tert-OH is 1. The van der Waals surface area contributed by atoms with Gasteiger partial charge in [-0.1, -0.05) is 0 Å². The zero-order valence-corrected chi connectivity index (χ0v) is 13.8. The van der Waals surface area contributed by atoms with Crippen LogP contribution in [0.1, 0.15) is 10.4 Å². The molecule has 1 amide bonds. The van der Waals surface area contributed by atoms with Gasteiger partial charge in [0.25, 0.3) is 5.91 Å². The molecule has 0 saturated carbocycles. The molecule has 2 heterocycles. The van der Waals surface area contributed by atoms with Gasteiger partial charge in [0, 0.05) is 17.6 Å². The highest BCUT2D eigenvalue weighted by molar-refractivity contribution is 6.09. The summed E-state index contributed by atoms with van der Waals surface area (Å²) >= 11 is 0. The van der Waals surface area contributed by atoms with E-state index in [0.717, 1.165) is 0 Å². The number of aliphatic hydroxyl groups is 1. The number of H-pyrrole nitrogens is 1. The van der Waals surface area contributed by atoms with E-state index in [4.69, 9.17) is 9.84 Å². The van der Waals surface area contributed by atoms with Crippen molar-refractivity contribution in [3.63, 3.8) is 0 Å². The van der Waals surface area contributed by atoms with Crippen molar-refractivity contribution >= 4 is 34.4 Å². The first-order chi connectivity index (χ1) is 12.5. The molecule has 1 aliphatic rings. The molecule has 3 rings (SSSR count). The smallest absolute Gasteiger partial charge is 0.337 e. The van der Waals surface area contributed by atoms with Gasteiger partial charge < -0.3 is 25.2 Å². The Balaban J connectivity index is 2.02. The fourth-order valence-electron chi connectivity index (χ4n) is 2.79. The summed E-state index contributed by atoms with van der Waals surface area (Å²) < 4.78 is 4.71. The van der Waals surface area contributed by atoms with E-state index in [2.05, 4.69) is 15.5 Å². The Kier molecular flexibility index (Phi) is 4.59. The summed E-state index contributed by atoms with van der Waals surface area (Å²) in [7, 11) is 1.20. The largest absolute Gasteiger partial charge is 0.478 e. The summed E-state index contributed by atoms with van der Waals surface area (Å²) in [6, 6.07) is 2.95. The van der Waals surface area contributed by atoms with E-state index in [0.29, 0.717) is 16.6 Å². The lowest BCUT2D eigenvalue weighted by Crippen LogP contribution is -2.31. The quantitative estimate of drug-likeness (QED) is 0.524. The van der Waals surface area contributed by atoms with Crippen molar-refractivity contribution in [2.75, 3.05) is 32.1 Å². The van der Waals surface area contributed by atoms with Crippen LogP contribution < -0.4 is 5.32 Å². The van der Waals surface area contributed by atoms with Crippen molar-refractivity contribution in [2.45, 2.75) is 0 Å². The van der Waals surface area contributed by atoms with Crippen molar-refractivity contribution < 1.29 is 29.3 Å². The van der Waals surface area contributed by atoms with Crippen LogP contribution in [0, 0.1) is 0 Å². The molecular weight excluding hydrogens is 344 g/mol. The molecule has 1 aromatic carbocycles. The zero-order chi connectivity index (χ0) is 18.8. The number of hydrogen-bond donors (Lipinski definition) is 4. The number of carboxylic acid groups (broad SMARTS) is 1. The highest BCUT2D eigenvalue weighted by Crippen LogP contribution is 2.27. The molecule has 0 bridgehead atoms. The number of methoxy groups -OCH3 is 1. The molecule has 0 fully saturated rings. The lowest BCUT2D eigenvalue weighted by molar-refractivity contribution is -0.136. The van der Waals surface area contributed by atoms with Crippen molar-refractivity contribution in [3.8, 4) is 0 Å². The SMILES string of the molecule is COC(=O)C1=C(Nc2cc(C(=O)O)c3[nH]ncc3c2)C(=O)N(CCO)C1. The third-order valence-corrected chi connectivity index (χ3v) is 4.00. The number of nitrogens with zero attached hydrogens (tertiary/aromatic N) is 2. The number of nitrogens with one attached hydrogen (secondary N) is 2. The van der Waals surface area contributed by atoms with Crippen LogP contribution in [0.4, 0.5) is 5.69 Å². The van der Waals surface area contributed by atoms with Gasteiger partial charge in [0.2, 0.25) is 0 Å². The van der Waals surface area contributed by atoms with E-state index in [1.54, 1.807) is 6.07 Å². The summed E-state index contributed by atoms with van der Waals surface area (Å²) in [6.45, 7) is -0.197. The summed E-state index contributed by atoms with van der Waals surface area (Å²) in [5.74, 6) is -2.32. The minimum Gasteiger partial charge on any atom is -0.478 e. The van der Waals surface area contributed by atoms with Crippen LogP contribution >= 0.6 is 0 Å². The minimum atomic E-state index is -1.16. The summed E-state index contributed by atoms with van der Waals surface area (Å²) in [5.41, 5.74) is 0.733. The second-order valence-electron chi connectivity index (χ2n) is 5.58. The van der Waals surface area contributed by atoms with E-state index in [9.17, 15) is 19.5 Å². The van der Waals surface area contributed by atoms with Crippen molar-refractivity contribution in [1.29, 1.82) is 0 Å². The van der Waals surface area contributed by atoms with Gasteiger partial charge in [-0.3, -0.25) is 9.89 Å². The van der Waals surface area contributed by atoms with Gasteiger partial charge in [-0.2, -0.15) is 5.10 Å². The maximum absolute atomic E-state index is 12.5. The van der Waals surface area contributed by atoms with Gasteiger partial charge in [-0.05, 0) is 12.1 Å². The number of amides is 1.